The lowest BCUT2D eigenvalue weighted by molar-refractivity contribution is 0.281. The zero-order valence-electron chi connectivity index (χ0n) is 8.02. The molecule has 0 saturated heterocycles. The van der Waals surface area contributed by atoms with Gasteiger partial charge >= 0.3 is 0 Å². The number of hydrogen-bond acceptors (Lipinski definition) is 2. The van der Waals surface area contributed by atoms with Crippen molar-refractivity contribution in [2.75, 3.05) is 0 Å². The number of benzene rings is 1. The van der Waals surface area contributed by atoms with E-state index < -0.39 is 0 Å². The smallest absolute Gasteiger partial charge is 0.123 e. The average molecular weight is 203 g/mol. The van der Waals surface area contributed by atoms with Crippen LogP contribution in [0.2, 0.25) is 0 Å². The summed E-state index contributed by atoms with van der Waals surface area (Å²) in [5.41, 5.74) is 2.40. The molecular weight excluding hydrogens is 193 g/mol. The van der Waals surface area contributed by atoms with Crippen LogP contribution in [0, 0.1) is 5.82 Å². The molecule has 0 spiro atoms. The van der Waals surface area contributed by atoms with Gasteiger partial charge in [0, 0.05) is 11.8 Å². The molecule has 3 heteroatoms. The van der Waals surface area contributed by atoms with Crippen LogP contribution in [0.15, 0.2) is 42.6 Å². The molecule has 0 radical (unpaired) electrons. The van der Waals surface area contributed by atoms with Crippen molar-refractivity contribution in [2.24, 2.45) is 0 Å². The fourth-order valence-electron chi connectivity index (χ4n) is 1.31. The van der Waals surface area contributed by atoms with Crippen LogP contribution in [-0.2, 0) is 6.61 Å². The summed E-state index contributed by atoms with van der Waals surface area (Å²) in [5, 5.41) is 8.85. The molecule has 2 aromatic rings. The summed E-state index contributed by atoms with van der Waals surface area (Å²) in [6.07, 6.45) is 1.61. The first kappa shape index (κ1) is 9.80. The highest BCUT2D eigenvalue weighted by molar-refractivity contribution is 5.58. The Labute approximate surface area is 87.0 Å². The van der Waals surface area contributed by atoms with E-state index in [-0.39, 0.29) is 12.4 Å². The second kappa shape index (κ2) is 4.19. The predicted molar refractivity (Wildman–Crippen MR) is 55.6 cm³/mol. The molecule has 0 amide bonds. The molecule has 0 unspecified atom stereocenters. The van der Waals surface area contributed by atoms with Crippen LogP contribution in [0.3, 0.4) is 0 Å². The van der Waals surface area contributed by atoms with Crippen LogP contribution >= 0.6 is 0 Å². The molecule has 2 nitrogen and oxygen atoms in total. The molecule has 1 N–H and O–H groups in total. The highest BCUT2D eigenvalue weighted by atomic mass is 19.1. The molecule has 0 atom stereocenters. The minimum Gasteiger partial charge on any atom is -0.392 e. The summed E-state index contributed by atoms with van der Waals surface area (Å²) >= 11 is 0. The normalized spacial score (nSPS) is 10.3. The molecule has 15 heavy (non-hydrogen) atoms. The van der Waals surface area contributed by atoms with E-state index in [0.717, 1.165) is 16.8 Å². The third kappa shape index (κ3) is 2.19. The number of aromatic nitrogens is 1. The van der Waals surface area contributed by atoms with E-state index in [1.54, 1.807) is 30.5 Å². The Balaban J connectivity index is 2.33. The van der Waals surface area contributed by atoms with Gasteiger partial charge in [-0.3, -0.25) is 4.98 Å². The molecule has 1 aromatic carbocycles. The molecule has 1 aromatic heterocycles. The van der Waals surface area contributed by atoms with Crippen molar-refractivity contribution in [1.82, 2.24) is 4.98 Å². The minimum absolute atomic E-state index is 0.0172. The molecule has 1 heterocycles. The number of pyridine rings is 1. The van der Waals surface area contributed by atoms with E-state index in [9.17, 15) is 4.39 Å². The van der Waals surface area contributed by atoms with Gasteiger partial charge in [-0.15, -0.1) is 0 Å². The van der Waals surface area contributed by atoms with Gasteiger partial charge in [-0.2, -0.15) is 0 Å². The number of rotatable bonds is 2. The van der Waals surface area contributed by atoms with Gasteiger partial charge in [-0.05, 0) is 35.9 Å². The van der Waals surface area contributed by atoms with E-state index in [1.165, 1.54) is 12.1 Å². The van der Waals surface area contributed by atoms with Crippen LogP contribution in [0.4, 0.5) is 4.39 Å². The fourth-order valence-corrected chi connectivity index (χ4v) is 1.31. The number of halogens is 1. The summed E-state index contributed by atoms with van der Waals surface area (Å²) < 4.78 is 12.7. The van der Waals surface area contributed by atoms with Gasteiger partial charge in [0.15, 0.2) is 0 Å². The molecule has 0 saturated carbocycles. The zero-order chi connectivity index (χ0) is 10.7. The SMILES string of the molecule is OCc1ccc(-c2ccc(F)cc2)nc1. The average Bonchev–Trinajstić information content (AvgIpc) is 2.30. The van der Waals surface area contributed by atoms with Crippen molar-refractivity contribution in [3.8, 4) is 11.3 Å². The maximum atomic E-state index is 12.7. The third-order valence-corrected chi connectivity index (χ3v) is 2.15. The van der Waals surface area contributed by atoms with E-state index in [4.69, 9.17) is 5.11 Å². The van der Waals surface area contributed by atoms with E-state index in [1.807, 2.05) is 0 Å². The maximum Gasteiger partial charge on any atom is 0.123 e. The van der Waals surface area contributed by atoms with Crippen molar-refractivity contribution in [1.29, 1.82) is 0 Å². The largest absolute Gasteiger partial charge is 0.392 e. The second-order valence-corrected chi connectivity index (χ2v) is 3.22. The first-order valence-electron chi connectivity index (χ1n) is 4.61. The highest BCUT2D eigenvalue weighted by Crippen LogP contribution is 2.17. The van der Waals surface area contributed by atoms with Gasteiger partial charge in [0.1, 0.15) is 5.82 Å². The standard InChI is InChI=1S/C12H10FNO/c13-11-4-2-10(3-5-11)12-6-1-9(8-15)7-14-12/h1-7,15H,8H2. The summed E-state index contributed by atoms with van der Waals surface area (Å²) in [6, 6.07) is 9.75. The molecule has 0 aliphatic rings. The Hall–Kier alpha value is -1.74. The number of aliphatic hydroxyl groups excluding tert-OH is 1. The van der Waals surface area contributed by atoms with Gasteiger partial charge in [-0.25, -0.2) is 4.39 Å². The van der Waals surface area contributed by atoms with Crippen molar-refractivity contribution >= 4 is 0 Å². The first-order chi connectivity index (χ1) is 7.29. The third-order valence-electron chi connectivity index (χ3n) is 2.15. The number of aliphatic hydroxyl groups is 1. The van der Waals surface area contributed by atoms with Crippen molar-refractivity contribution in [3.05, 3.63) is 54.0 Å². The van der Waals surface area contributed by atoms with Gasteiger partial charge in [0.25, 0.3) is 0 Å². The van der Waals surface area contributed by atoms with Gasteiger partial charge in [-0.1, -0.05) is 6.07 Å². The van der Waals surface area contributed by atoms with E-state index in [0.29, 0.717) is 0 Å². The topological polar surface area (TPSA) is 33.1 Å². The Bertz CT molecular complexity index is 436. The van der Waals surface area contributed by atoms with Gasteiger partial charge in [0.05, 0.1) is 12.3 Å². The number of nitrogens with zero attached hydrogens (tertiary/aromatic N) is 1. The molecule has 0 bridgehead atoms. The summed E-state index contributed by atoms with van der Waals surface area (Å²) in [6.45, 7) is -0.0172. The fraction of sp³-hybridized carbons (Fsp3) is 0.0833. The lowest BCUT2D eigenvalue weighted by Crippen LogP contribution is -1.87. The minimum atomic E-state index is -0.259. The highest BCUT2D eigenvalue weighted by Gasteiger charge is 1.99. The van der Waals surface area contributed by atoms with Crippen LogP contribution in [0.25, 0.3) is 11.3 Å². The Morgan fingerprint density at radius 3 is 2.33 bits per heavy atom. The predicted octanol–water partition coefficient (Wildman–Crippen LogP) is 2.38. The van der Waals surface area contributed by atoms with E-state index in [2.05, 4.69) is 4.98 Å². The Morgan fingerprint density at radius 2 is 1.80 bits per heavy atom. The monoisotopic (exact) mass is 203 g/mol. The maximum absolute atomic E-state index is 12.7. The first-order valence-corrected chi connectivity index (χ1v) is 4.61. The summed E-state index contributed by atoms with van der Waals surface area (Å²) in [4.78, 5) is 4.17. The van der Waals surface area contributed by atoms with Crippen LogP contribution in [0.1, 0.15) is 5.56 Å². The molecular formula is C12H10FNO. The van der Waals surface area contributed by atoms with E-state index >= 15 is 0 Å². The van der Waals surface area contributed by atoms with Gasteiger partial charge in [0.2, 0.25) is 0 Å². The second-order valence-electron chi connectivity index (χ2n) is 3.22. The Kier molecular flexibility index (Phi) is 2.74. The molecule has 76 valence electrons. The van der Waals surface area contributed by atoms with Crippen molar-refractivity contribution in [3.63, 3.8) is 0 Å². The lowest BCUT2D eigenvalue weighted by Gasteiger charge is -2.01. The molecule has 0 fully saturated rings. The molecule has 0 aliphatic heterocycles. The number of hydrogen-bond donors (Lipinski definition) is 1. The summed E-state index contributed by atoms with van der Waals surface area (Å²) in [7, 11) is 0. The van der Waals surface area contributed by atoms with Gasteiger partial charge < -0.3 is 5.11 Å². The van der Waals surface area contributed by atoms with Crippen LogP contribution in [-0.4, -0.2) is 10.1 Å². The molecule has 0 aliphatic carbocycles. The molecule has 2 rings (SSSR count). The van der Waals surface area contributed by atoms with Crippen LogP contribution in [0.5, 0.6) is 0 Å². The Morgan fingerprint density at radius 1 is 1.07 bits per heavy atom. The summed E-state index contributed by atoms with van der Waals surface area (Å²) in [5.74, 6) is -0.259. The van der Waals surface area contributed by atoms with Crippen molar-refractivity contribution in [2.45, 2.75) is 6.61 Å². The zero-order valence-corrected chi connectivity index (χ0v) is 8.02. The van der Waals surface area contributed by atoms with Crippen molar-refractivity contribution < 1.29 is 9.50 Å². The van der Waals surface area contributed by atoms with Crippen LogP contribution < -0.4 is 0 Å². The lowest BCUT2D eigenvalue weighted by atomic mass is 10.1. The quantitative estimate of drug-likeness (QED) is 0.812.